The summed E-state index contributed by atoms with van der Waals surface area (Å²) >= 11 is 1.83. The van der Waals surface area contributed by atoms with Gasteiger partial charge in [0.05, 0.1) is 10.7 Å². The van der Waals surface area contributed by atoms with Gasteiger partial charge >= 0.3 is 0 Å². The summed E-state index contributed by atoms with van der Waals surface area (Å²) < 4.78 is 0. The smallest absolute Gasteiger partial charge is 0.0900 e. The Kier molecular flexibility index (Phi) is 4.21. The molecule has 1 N–H and O–H groups in total. The highest BCUT2D eigenvalue weighted by Gasteiger charge is 2.31. The number of nitrogens with zero attached hydrogens (tertiary/aromatic N) is 1. The molecule has 0 spiro atoms. The zero-order valence-corrected chi connectivity index (χ0v) is 12.2. The zero-order chi connectivity index (χ0) is 12.4. The highest BCUT2D eigenvalue weighted by atomic mass is 32.1. The molecule has 1 aliphatic rings. The van der Waals surface area contributed by atoms with Crippen molar-refractivity contribution in [2.24, 2.45) is 11.8 Å². The highest BCUT2D eigenvalue weighted by Crippen LogP contribution is 2.34. The Morgan fingerprint density at radius 2 is 2.12 bits per heavy atom. The van der Waals surface area contributed by atoms with Gasteiger partial charge in [-0.2, -0.15) is 0 Å². The van der Waals surface area contributed by atoms with Gasteiger partial charge in [0.2, 0.25) is 0 Å². The van der Waals surface area contributed by atoms with Crippen molar-refractivity contribution in [3.05, 3.63) is 15.6 Å². The van der Waals surface area contributed by atoms with Gasteiger partial charge in [0, 0.05) is 17.5 Å². The van der Waals surface area contributed by atoms with Gasteiger partial charge < -0.3 is 5.32 Å². The fourth-order valence-electron chi connectivity index (χ4n) is 3.07. The minimum atomic E-state index is 0.710. The molecule has 1 aromatic rings. The molecule has 3 heteroatoms. The third-order valence-electron chi connectivity index (χ3n) is 4.28. The maximum absolute atomic E-state index is 4.48. The van der Waals surface area contributed by atoms with E-state index >= 15 is 0 Å². The van der Waals surface area contributed by atoms with E-state index in [2.05, 4.69) is 38.0 Å². The van der Waals surface area contributed by atoms with E-state index in [0.717, 1.165) is 18.4 Å². The maximum Gasteiger partial charge on any atom is 0.0900 e. The highest BCUT2D eigenvalue weighted by molar-refractivity contribution is 7.11. The summed E-state index contributed by atoms with van der Waals surface area (Å²) in [6.45, 7) is 9.94. The SMILES string of the molecule is CCC1CCC(NCc2sc(C)nc2C)C1C. The van der Waals surface area contributed by atoms with Crippen molar-refractivity contribution < 1.29 is 0 Å². The van der Waals surface area contributed by atoms with Gasteiger partial charge in [-0.3, -0.25) is 0 Å². The summed E-state index contributed by atoms with van der Waals surface area (Å²) in [5.41, 5.74) is 1.21. The Bertz CT molecular complexity index is 372. The molecule has 3 unspecified atom stereocenters. The topological polar surface area (TPSA) is 24.9 Å². The van der Waals surface area contributed by atoms with E-state index in [0.29, 0.717) is 6.04 Å². The molecule has 1 fully saturated rings. The molecule has 1 saturated carbocycles. The Labute approximate surface area is 109 Å². The molecule has 0 radical (unpaired) electrons. The fraction of sp³-hybridized carbons (Fsp3) is 0.786. The van der Waals surface area contributed by atoms with Crippen molar-refractivity contribution in [3.63, 3.8) is 0 Å². The van der Waals surface area contributed by atoms with E-state index in [1.807, 2.05) is 11.3 Å². The van der Waals surface area contributed by atoms with Crippen LogP contribution in [0.5, 0.6) is 0 Å². The molecule has 17 heavy (non-hydrogen) atoms. The van der Waals surface area contributed by atoms with Crippen molar-refractivity contribution in [1.29, 1.82) is 0 Å². The first-order valence-corrected chi connectivity index (χ1v) is 7.59. The van der Waals surface area contributed by atoms with Crippen LogP contribution in [0.3, 0.4) is 0 Å². The van der Waals surface area contributed by atoms with Gasteiger partial charge in [-0.15, -0.1) is 11.3 Å². The van der Waals surface area contributed by atoms with Gasteiger partial charge in [-0.05, 0) is 38.5 Å². The number of aromatic nitrogens is 1. The number of hydrogen-bond acceptors (Lipinski definition) is 3. The Hall–Kier alpha value is -0.410. The first kappa shape index (κ1) is 13.0. The van der Waals surface area contributed by atoms with E-state index in [-0.39, 0.29) is 0 Å². The molecule has 0 bridgehead atoms. The first-order valence-electron chi connectivity index (χ1n) is 6.78. The molecular formula is C14H24N2S. The Morgan fingerprint density at radius 3 is 2.65 bits per heavy atom. The minimum absolute atomic E-state index is 0.710. The molecule has 1 aromatic heterocycles. The lowest BCUT2D eigenvalue weighted by molar-refractivity contribution is 0.345. The molecule has 2 rings (SSSR count). The summed E-state index contributed by atoms with van der Waals surface area (Å²) in [4.78, 5) is 5.90. The van der Waals surface area contributed by atoms with Crippen LogP contribution < -0.4 is 5.32 Å². The van der Waals surface area contributed by atoms with Crippen molar-refractivity contribution in [3.8, 4) is 0 Å². The molecule has 96 valence electrons. The molecule has 0 aromatic carbocycles. The van der Waals surface area contributed by atoms with E-state index < -0.39 is 0 Å². The number of thiazole rings is 1. The largest absolute Gasteiger partial charge is 0.309 e. The third-order valence-corrected chi connectivity index (χ3v) is 5.35. The van der Waals surface area contributed by atoms with Crippen LogP contribution in [0.1, 0.15) is 48.7 Å². The predicted molar refractivity (Wildman–Crippen MR) is 74.4 cm³/mol. The number of nitrogens with one attached hydrogen (secondary N) is 1. The van der Waals surface area contributed by atoms with Crippen LogP contribution in [0.4, 0.5) is 0 Å². The van der Waals surface area contributed by atoms with E-state index in [4.69, 9.17) is 0 Å². The quantitative estimate of drug-likeness (QED) is 0.884. The van der Waals surface area contributed by atoms with Crippen LogP contribution in [0, 0.1) is 25.7 Å². The van der Waals surface area contributed by atoms with Crippen molar-refractivity contribution in [1.82, 2.24) is 10.3 Å². The van der Waals surface area contributed by atoms with Gasteiger partial charge in [-0.1, -0.05) is 20.3 Å². The average Bonchev–Trinajstić information content (AvgIpc) is 2.79. The van der Waals surface area contributed by atoms with E-state index in [1.165, 1.54) is 34.8 Å². The van der Waals surface area contributed by atoms with Crippen molar-refractivity contribution in [2.75, 3.05) is 0 Å². The molecule has 1 heterocycles. The normalized spacial score (nSPS) is 28.8. The lowest BCUT2D eigenvalue weighted by atomic mass is 9.93. The third kappa shape index (κ3) is 2.89. The number of rotatable bonds is 4. The summed E-state index contributed by atoms with van der Waals surface area (Å²) in [6, 6.07) is 0.710. The molecule has 3 atom stereocenters. The molecule has 0 amide bonds. The summed E-state index contributed by atoms with van der Waals surface area (Å²) in [5, 5.41) is 4.92. The fourth-order valence-corrected chi connectivity index (χ4v) is 3.96. The summed E-state index contributed by atoms with van der Waals surface area (Å²) in [7, 11) is 0. The van der Waals surface area contributed by atoms with Gasteiger partial charge in [0.1, 0.15) is 0 Å². The van der Waals surface area contributed by atoms with Crippen LogP contribution >= 0.6 is 11.3 Å². The number of aryl methyl sites for hydroxylation is 2. The zero-order valence-electron chi connectivity index (χ0n) is 11.4. The second kappa shape index (κ2) is 5.49. The number of hydrogen-bond donors (Lipinski definition) is 1. The van der Waals surface area contributed by atoms with Crippen LogP contribution in [0.25, 0.3) is 0 Å². The van der Waals surface area contributed by atoms with Gasteiger partial charge in [0.25, 0.3) is 0 Å². The standard InChI is InChI=1S/C14H24N2S/c1-5-12-6-7-13(9(12)2)15-8-14-10(3)16-11(4)17-14/h9,12-13,15H,5-8H2,1-4H3. The van der Waals surface area contributed by atoms with Crippen LogP contribution in [-0.2, 0) is 6.54 Å². The van der Waals surface area contributed by atoms with Crippen molar-refractivity contribution >= 4 is 11.3 Å². The second-order valence-corrected chi connectivity index (χ2v) is 6.62. The van der Waals surface area contributed by atoms with Crippen molar-refractivity contribution in [2.45, 2.75) is 59.5 Å². The van der Waals surface area contributed by atoms with E-state index in [9.17, 15) is 0 Å². The Balaban J connectivity index is 1.89. The van der Waals surface area contributed by atoms with E-state index in [1.54, 1.807) is 0 Å². The minimum Gasteiger partial charge on any atom is -0.309 e. The van der Waals surface area contributed by atoms with Crippen LogP contribution in [0.2, 0.25) is 0 Å². The maximum atomic E-state index is 4.48. The monoisotopic (exact) mass is 252 g/mol. The second-order valence-electron chi connectivity index (χ2n) is 5.33. The van der Waals surface area contributed by atoms with Crippen LogP contribution in [-0.4, -0.2) is 11.0 Å². The summed E-state index contributed by atoms with van der Waals surface area (Å²) in [6.07, 6.45) is 4.07. The molecule has 2 nitrogen and oxygen atoms in total. The average molecular weight is 252 g/mol. The molecule has 1 aliphatic carbocycles. The van der Waals surface area contributed by atoms with Gasteiger partial charge in [-0.25, -0.2) is 4.98 Å². The lowest BCUT2D eigenvalue weighted by Gasteiger charge is -2.20. The predicted octanol–water partition coefficient (Wildman–Crippen LogP) is 3.67. The first-order chi connectivity index (χ1) is 8.11. The molecule has 0 saturated heterocycles. The Morgan fingerprint density at radius 1 is 1.35 bits per heavy atom. The van der Waals surface area contributed by atoms with Gasteiger partial charge in [0.15, 0.2) is 0 Å². The molecule has 0 aliphatic heterocycles. The van der Waals surface area contributed by atoms with Crippen LogP contribution in [0.15, 0.2) is 0 Å². The summed E-state index contributed by atoms with van der Waals surface area (Å²) in [5.74, 6) is 1.76. The lowest BCUT2D eigenvalue weighted by Crippen LogP contribution is -2.32. The molecular weight excluding hydrogens is 228 g/mol.